The second-order valence-electron chi connectivity index (χ2n) is 3.68. The number of benzene rings is 1. The lowest BCUT2D eigenvalue weighted by Crippen LogP contribution is -2.36. The Balaban J connectivity index is 2.56. The third-order valence-corrected chi connectivity index (χ3v) is 2.96. The Morgan fingerprint density at radius 3 is 2.61 bits per heavy atom. The summed E-state index contributed by atoms with van der Waals surface area (Å²) in [5.74, 6) is 0.535. The molecule has 0 aliphatic carbocycles. The van der Waals surface area contributed by atoms with Crippen molar-refractivity contribution in [3.63, 3.8) is 0 Å². The molecule has 0 heterocycles. The van der Waals surface area contributed by atoms with Crippen molar-refractivity contribution in [3.8, 4) is 0 Å². The van der Waals surface area contributed by atoms with E-state index in [2.05, 4.69) is 5.32 Å². The van der Waals surface area contributed by atoms with Gasteiger partial charge in [-0.15, -0.1) is 0 Å². The summed E-state index contributed by atoms with van der Waals surface area (Å²) in [4.78, 5) is 21.6. The van der Waals surface area contributed by atoms with E-state index in [1.165, 1.54) is 24.3 Å². The maximum absolute atomic E-state index is 11.7. The molecule has 1 atom stereocenters. The van der Waals surface area contributed by atoms with Crippen LogP contribution in [0.5, 0.6) is 0 Å². The van der Waals surface area contributed by atoms with Gasteiger partial charge in [0.1, 0.15) is 0 Å². The van der Waals surface area contributed by atoms with Crippen molar-refractivity contribution >= 4 is 29.0 Å². The lowest BCUT2D eigenvalue weighted by atomic mass is 10.2. The van der Waals surface area contributed by atoms with E-state index in [-0.39, 0.29) is 11.6 Å². The highest BCUT2D eigenvalue weighted by Crippen LogP contribution is 2.15. The van der Waals surface area contributed by atoms with Gasteiger partial charge >= 0.3 is 0 Å². The number of anilines is 1. The molecule has 3 N–H and O–H groups in total. The molecule has 0 spiro atoms. The first kappa shape index (κ1) is 14.5. The number of amides is 1. The first-order valence-corrected chi connectivity index (χ1v) is 6.74. The number of nitro benzene ring substituents is 1. The zero-order chi connectivity index (χ0) is 13.5. The molecule has 0 aliphatic heterocycles. The van der Waals surface area contributed by atoms with Crippen molar-refractivity contribution in [2.45, 2.75) is 12.5 Å². The number of non-ortho nitro benzene ring substituents is 1. The molecule has 0 radical (unpaired) electrons. The minimum Gasteiger partial charge on any atom is -0.325 e. The van der Waals surface area contributed by atoms with Gasteiger partial charge in [0.15, 0.2) is 0 Å². The molecule has 0 unspecified atom stereocenters. The molecule has 7 heteroatoms. The number of nitro groups is 1. The van der Waals surface area contributed by atoms with Crippen LogP contribution in [0.1, 0.15) is 6.42 Å². The summed E-state index contributed by atoms with van der Waals surface area (Å²) in [6.45, 7) is 0. The average Bonchev–Trinajstić information content (AvgIpc) is 2.36. The number of nitrogens with two attached hydrogens (primary N) is 1. The van der Waals surface area contributed by atoms with Crippen LogP contribution in [0, 0.1) is 10.1 Å². The van der Waals surface area contributed by atoms with Gasteiger partial charge in [-0.05, 0) is 30.6 Å². The number of nitrogens with zero attached hydrogens (tertiary/aromatic N) is 1. The number of carbonyl (C=O) groups excluding carboxylic acids is 1. The standard InChI is InChI=1S/C11H15N3O3S/c1-18-7-6-10(12)11(15)13-8-2-4-9(5-3-8)14(16)17/h2-5,10H,6-7,12H2,1H3,(H,13,15)/t10-/m0/s1. The topological polar surface area (TPSA) is 98.3 Å². The summed E-state index contributed by atoms with van der Waals surface area (Å²) in [5.41, 5.74) is 6.19. The Hall–Kier alpha value is -1.60. The molecular formula is C11H15N3O3S. The van der Waals surface area contributed by atoms with Crippen LogP contribution in [0.3, 0.4) is 0 Å². The van der Waals surface area contributed by atoms with E-state index in [0.29, 0.717) is 12.1 Å². The van der Waals surface area contributed by atoms with Gasteiger partial charge in [-0.3, -0.25) is 14.9 Å². The molecule has 0 bridgehead atoms. The van der Waals surface area contributed by atoms with Crippen LogP contribution in [-0.4, -0.2) is 28.9 Å². The van der Waals surface area contributed by atoms with Crippen molar-refractivity contribution in [1.82, 2.24) is 0 Å². The van der Waals surface area contributed by atoms with Gasteiger partial charge in [0, 0.05) is 17.8 Å². The maximum atomic E-state index is 11.7. The van der Waals surface area contributed by atoms with E-state index in [9.17, 15) is 14.9 Å². The quantitative estimate of drug-likeness (QED) is 0.604. The fraction of sp³-hybridized carbons (Fsp3) is 0.364. The Bertz CT molecular complexity index is 422. The van der Waals surface area contributed by atoms with Gasteiger partial charge in [-0.25, -0.2) is 0 Å². The maximum Gasteiger partial charge on any atom is 0.269 e. The SMILES string of the molecule is CSCC[C@H](N)C(=O)Nc1ccc([N+](=O)[O-])cc1. The van der Waals surface area contributed by atoms with Gasteiger partial charge in [-0.1, -0.05) is 0 Å². The minimum atomic E-state index is -0.562. The summed E-state index contributed by atoms with van der Waals surface area (Å²) in [6.07, 6.45) is 2.54. The molecule has 0 aromatic heterocycles. The third kappa shape index (κ3) is 4.34. The number of hydrogen-bond acceptors (Lipinski definition) is 5. The lowest BCUT2D eigenvalue weighted by molar-refractivity contribution is -0.384. The molecule has 1 aromatic carbocycles. The normalized spacial score (nSPS) is 11.9. The monoisotopic (exact) mass is 269 g/mol. The van der Waals surface area contributed by atoms with Gasteiger partial charge in [0.25, 0.3) is 5.69 Å². The Kier molecular flexibility index (Phi) is 5.60. The van der Waals surface area contributed by atoms with Crippen LogP contribution in [-0.2, 0) is 4.79 Å². The first-order valence-electron chi connectivity index (χ1n) is 5.34. The number of carbonyl (C=O) groups is 1. The summed E-state index contributed by atoms with van der Waals surface area (Å²) >= 11 is 1.62. The molecule has 0 aliphatic rings. The molecule has 1 amide bonds. The molecule has 98 valence electrons. The van der Waals surface area contributed by atoms with Crippen LogP contribution in [0.15, 0.2) is 24.3 Å². The van der Waals surface area contributed by atoms with E-state index in [0.717, 1.165) is 5.75 Å². The molecule has 6 nitrogen and oxygen atoms in total. The minimum absolute atomic E-state index is 0.0142. The average molecular weight is 269 g/mol. The van der Waals surface area contributed by atoms with Crippen LogP contribution >= 0.6 is 11.8 Å². The number of hydrogen-bond donors (Lipinski definition) is 2. The molecule has 0 fully saturated rings. The molecule has 18 heavy (non-hydrogen) atoms. The predicted octanol–water partition coefficient (Wildman–Crippen LogP) is 1.61. The summed E-state index contributed by atoms with van der Waals surface area (Å²) in [7, 11) is 0. The van der Waals surface area contributed by atoms with E-state index < -0.39 is 11.0 Å². The Morgan fingerprint density at radius 2 is 2.11 bits per heavy atom. The van der Waals surface area contributed by atoms with Crippen LogP contribution in [0.2, 0.25) is 0 Å². The van der Waals surface area contributed by atoms with Crippen LogP contribution in [0.25, 0.3) is 0 Å². The van der Waals surface area contributed by atoms with Crippen LogP contribution in [0.4, 0.5) is 11.4 Å². The number of thioether (sulfide) groups is 1. The Morgan fingerprint density at radius 1 is 1.50 bits per heavy atom. The van der Waals surface area contributed by atoms with Crippen molar-refractivity contribution in [1.29, 1.82) is 0 Å². The highest BCUT2D eigenvalue weighted by Gasteiger charge is 2.13. The van der Waals surface area contributed by atoms with E-state index in [1.807, 2.05) is 6.26 Å². The molecular weight excluding hydrogens is 254 g/mol. The van der Waals surface area contributed by atoms with Crippen LogP contribution < -0.4 is 11.1 Å². The third-order valence-electron chi connectivity index (χ3n) is 2.32. The van der Waals surface area contributed by atoms with Crippen molar-refractivity contribution < 1.29 is 9.72 Å². The Labute approximate surface area is 109 Å². The summed E-state index contributed by atoms with van der Waals surface area (Å²) in [6, 6.07) is 5.08. The zero-order valence-corrected chi connectivity index (χ0v) is 10.8. The predicted molar refractivity (Wildman–Crippen MR) is 72.7 cm³/mol. The molecule has 1 aromatic rings. The van der Waals surface area contributed by atoms with Gasteiger partial charge in [-0.2, -0.15) is 11.8 Å². The highest BCUT2D eigenvalue weighted by atomic mass is 32.2. The van der Waals surface area contributed by atoms with Crippen molar-refractivity contribution in [2.75, 3.05) is 17.3 Å². The van der Waals surface area contributed by atoms with Crippen molar-refractivity contribution in [3.05, 3.63) is 34.4 Å². The van der Waals surface area contributed by atoms with E-state index in [4.69, 9.17) is 5.73 Å². The van der Waals surface area contributed by atoms with Gasteiger partial charge in [0.05, 0.1) is 11.0 Å². The first-order chi connectivity index (χ1) is 8.54. The van der Waals surface area contributed by atoms with E-state index >= 15 is 0 Å². The van der Waals surface area contributed by atoms with E-state index in [1.54, 1.807) is 11.8 Å². The lowest BCUT2D eigenvalue weighted by Gasteiger charge is -2.11. The fourth-order valence-electron chi connectivity index (χ4n) is 1.28. The van der Waals surface area contributed by atoms with Crippen molar-refractivity contribution in [2.24, 2.45) is 5.73 Å². The zero-order valence-electron chi connectivity index (χ0n) is 9.96. The highest BCUT2D eigenvalue weighted by molar-refractivity contribution is 7.98. The summed E-state index contributed by atoms with van der Waals surface area (Å²) < 4.78 is 0. The second kappa shape index (κ2) is 6.97. The van der Waals surface area contributed by atoms with Gasteiger partial charge < -0.3 is 11.1 Å². The molecule has 0 saturated heterocycles. The number of nitrogens with one attached hydrogen (secondary N) is 1. The smallest absolute Gasteiger partial charge is 0.269 e. The fourth-order valence-corrected chi connectivity index (χ4v) is 1.77. The molecule has 1 rings (SSSR count). The van der Waals surface area contributed by atoms with Gasteiger partial charge in [0.2, 0.25) is 5.91 Å². The largest absolute Gasteiger partial charge is 0.325 e. The molecule has 0 saturated carbocycles. The number of rotatable bonds is 6. The second-order valence-corrected chi connectivity index (χ2v) is 4.67. The summed E-state index contributed by atoms with van der Waals surface area (Å²) in [5, 5.41) is 13.1.